The molecule has 2 rings (SSSR count). The van der Waals surface area contributed by atoms with Gasteiger partial charge in [-0.2, -0.15) is 0 Å². The first-order valence-corrected chi connectivity index (χ1v) is 7.16. The van der Waals surface area contributed by atoms with E-state index in [9.17, 15) is 18.0 Å². The Labute approximate surface area is 144 Å². The molecule has 0 bridgehead atoms. The first-order chi connectivity index (χ1) is 10.7. The number of rotatable bonds is 4. The van der Waals surface area contributed by atoms with Crippen LogP contribution in [0.1, 0.15) is 18.4 Å². The van der Waals surface area contributed by atoms with E-state index in [0.29, 0.717) is 31.6 Å². The first kappa shape index (κ1) is 20.5. The van der Waals surface area contributed by atoms with Crippen LogP contribution in [0.2, 0.25) is 0 Å². The van der Waals surface area contributed by atoms with E-state index in [-0.39, 0.29) is 30.6 Å². The number of halogens is 4. The summed E-state index contributed by atoms with van der Waals surface area (Å²) in [4.78, 5) is 13.9. The van der Waals surface area contributed by atoms with Crippen LogP contribution in [0, 0.1) is 0 Å². The number of hydrogen-bond acceptors (Lipinski definition) is 4. The van der Waals surface area contributed by atoms with Crippen LogP contribution >= 0.6 is 12.4 Å². The number of hydrogen-bond donors (Lipinski definition) is 1. The summed E-state index contributed by atoms with van der Waals surface area (Å²) in [6, 6.07) is 5.54. The molecule has 0 spiro atoms. The summed E-state index contributed by atoms with van der Waals surface area (Å²) in [7, 11) is 1.57. The molecule has 0 atom stereocenters. The Morgan fingerprint density at radius 3 is 2.58 bits per heavy atom. The lowest BCUT2D eigenvalue weighted by Gasteiger charge is -2.35. The second-order valence-corrected chi connectivity index (χ2v) is 5.62. The molecule has 9 heteroatoms. The second kappa shape index (κ2) is 8.04. The molecule has 5 nitrogen and oxygen atoms in total. The average Bonchev–Trinajstić information content (AvgIpc) is 2.45. The molecule has 0 radical (unpaired) electrons. The van der Waals surface area contributed by atoms with E-state index < -0.39 is 11.9 Å². The van der Waals surface area contributed by atoms with Gasteiger partial charge < -0.3 is 20.1 Å². The molecular formula is C15H20ClF3N2O3. The van der Waals surface area contributed by atoms with Crippen LogP contribution in [0.4, 0.5) is 13.2 Å². The molecule has 1 aromatic rings. The summed E-state index contributed by atoms with van der Waals surface area (Å²) < 4.78 is 45.8. The van der Waals surface area contributed by atoms with Gasteiger partial charge in [0.1, 0.15) is 5.75 Å². The molecule has 1 heterocycles. The summed E-state index contributed by atoms with van der Waals surface area (Å²) in [6.45, 7) is 0.990. The van der Waals surface area contributed by atoms with Crippen molar-refractivity contribution in [3.05, 3.63) is 29.8 Å². The number of amides is 1. The largest absolute Gasteiger partial charge is 0.573 e. The highest BCUT2D eigenvalue weighted by Crippen LogP contribution is 2.25. The first-order valence-electron chi connectivity index (χ1n) is 7.16. The van der Waals surface area contributed by atoms with Crippen molar-refractivity contribution in [2.75, 3.05) is 20.3 Å². The van der Waals surface area contributed by atoms with Crippen LogP contribution < -0.4 is 10.5 Å². The number of carbonyl (C=O) groups excluding carboxylic acids is 1. The van der Waals surface area contributed by atoms with E-state index in [4.69, 9.17) is 10.5 Å². The van der Waals surface area contributed by atoms with Crippen molar-refractivity contribution in [2.24, 2.45) is 5.73 Å². The number of alkyl halides is 3. The highest BCUT2D eigenvalue weighted by molar-refractivity contribution is 5.86. The Morgan fingerprint density at radius 1 is 1.38 bits per heavy atom. The highest BCUT2D eigenvalue weighted by atomic mass is 35.5. The van der Waals surface area contributed by atoms with Gasteiger partial charge in [-0.05, 0) is 30.5 Å². The standard InChI is InChI=1S/C15H19F3N2O3.ClH/c1-20(13(21)14(19)5-7-22-8-6-14)10-11-3-2-4-12(9-11)23-15(16,17)18;/h2-4,9H,5-8,10,19H2,1H3;1H. The van der Waals surface area contributed by atoms with Crippen LogP contribution in [0.5, 0.6) is 5.75 Å². The summed E-state index contributed by atoms with van der Waals surface area (Å²) >= 11 is 0. The number of benzene rings is 1. The van der Waals surface area contributed by atoms with Crippen molar-refractivity contribution in [1.82, 2.24) is 4.90 Å². The fourth-order valence-corrected chi connectivity index (χ4v) is 2.52. The fraction of sp³-hybridized carbons (Fsp3) is 0.533. The van der Waals surface area contributed by atoms with Crippen LogP contribution in [-0.2, 0) is 16.1 Å². The maximum Gasteiger partial charge on any atom is 0.573 e. The minimum Gasteiger partial charge on any atom is -0.406 e. The SMILES string of the molecule is CN(Cc1cccc(OC(F)(F)F)c1)C(=O)C1(N)CCOCC1.Cl. The quantitative estimate of drug-likeness (QED) is 0.886. The van der Waals surface area contributed by atoms with Gasteiger partial charge in [0.15, 0.2) is 0 Å². The molecule has 0 aliphatic carbocycles. The van der Waals surface area contributed by atoms with Gasteiger partial charge in [0.05, 0.1) is 5.54 Å². The molecule has 1 aliphatic rings. The highest BCUT2D eigenvalue weighted by Gasteiger charge is 2.38. The summed E-state index contributed by atoms with van der Waals surface area (Å²) in [6.07, 6.45) is -3.90. The Hall–Kier alpha value is -1.51. The molecule has 1 aliphatic heterocycles. The van der Waals surface area contributed by atoms with Gasteiger partial charge in [-0.3, -0.25) is 4.79 Å². The minimum atomic E-state index is -4.75. The monoisotopic (exact) mass is 368 g/mol. The van der Waals surface area contributed by atoms with E-state index in [1.54, 1.807) is 13.1 Å². The third kappa shape index (κ3) is 5.54. The van der Waals surface area contributed by atoms with Gasteiger partial charge in [0.25, 0.3) is 0 Å². The zero-order valence-electron chi connectivity index (χ0n) is 13.1. The molecule has 136 valence electrons. The minimum absolute atomic E-state index is 0. The van der Waals surface area contributed by atoms with Crippen LogP contribution in [0.3, 0.4) is 0 Å². The van der Waals surface area contributed by atoms with Gasteiger partial charge in [-0.15, -0.1) is 25.6 Å². The second-order valence-electron chi connectivity index (χ2n) is 5.62. The van der Waals surface area contributed by atoms with Crippen LogP contribution in [0.25, 0.3) is 0 Å². The third-order valence-electron chi connectivity index (χ3n) is 3.71. The zero-order valence-corrected chi connectivity index (χ0v) is 14.0. The third-order valence-corrected chi connectivity index (χ3v) is 3.71. The molecule has 0 saturated carbocycles. The van der Waals surface area contributed by atoms with E-state index in [2.05, 4.69) is 4.74 Å². The van der Waals surface area contributed by atoms with Crippen molar-refractivity contribution in [2.45, 2.75) is 31.3 Å². The maximum absolute atomic E-state index is 12.5. The lowest BCUT2D eigenvalue weighted by atomic mass is 9.89. The van der Waals surface area contributed by atoms with Gasteiger partial charge in [0.2, 0.25) is 5.91 Å². The summed E-state index contributed by atoms with van der Waals surface area (Å²) in [5.41, 5.74) is 5.67. The predicted octanol–water partition coefficient (Wildman–Crippen LogP) is 2.47. The molecule has 0 unspecified atom stereocenters. The Kier molecular flexibility index (Phi) is 6.88. The number of nitrogens with zero attached hydrogens (tertiary/aromatic N) is 1. The van der Waals surface area contributed by atoms with Crippen molar-refractivity contribution in [3.63, 3.8) is 0 Å². The molecule has 2 N–H and O–H groups in total. The van der Waals surface area contributed by atoms with Crippen LogP contribution in [0.15, 0.2) is 24.3 Å². The number of ether oxygens (including phenoxy) is 2. The average molecular weight is 369 g/mol. The van der Waals surface area contributed by atoms with Crippen molar-refractivity contribution >= 4 is 18.3 Å². The Balaban J connectivity index is 0.00000288. The van der Waals surface area contributed by atoms with Crippen LogP contribution in [-0.4, -0.2) is 43.0 Å². The van der Waals surface area contributed by atoms with Gasteiger partial charge in [-0.25, -0.2) is 0 Å². The molecule has 1 fully saturated rings. The zero-order chi connectivity index (χ0) is 17.1. The van der Waals surface area contributed by atoms with Crippen molar-refractivity contribution in [1.29, 1.82) is 0 Å². The number of likely N-dealkylation sites (N-methyl/N-ethyl adjacent to an activating group) is 1. The lowest BCUT2D eigenvalue weighted by molar-refractivity contribution is -0.274. The fourth-order valence-electron chi connectivity index (χ4n) is 2.52. The van der Waals surface area contributed by atoms with Crippen molar-refractivity contribution < 1.29 is 27.4 Å². The predicted molar refractivity (Wildman–Crippen MR) is 83.8 cm³/mol. The van der Waals surface area contributed by atoms with E-state index in [1.165, 1.54) is 23.1 Å². The number of carbonyl (C=O) groups is 1. The van der Waals surface area contributed by atoms with E-state index in [1.807, 2.05) is 0 Å². The van der Waals surface area contributed by atoms with Gasteiger partial charge in [-0.1, -0.05) is 12.1 Å². The smallest absolute Gasteiger partial charge is 0.406 e. The Morgan fingerprint density at radius 2 is 2.00 bits per heavy atom. The topological polar surface area (TPSA) is 64.8 Å². The molecule has 1 aromatic carbocycles. The molecule has 1 saturated heterocycles. The van der Waals surface area contributed by atoms with E-state index in [0.717, 1.165) is 0 Å². The molecular weight excluding hydrogens is 349 g/mol. The Bertz CT molecular complexity index is 563. The maximum atomic E-state index is 12.5. The summed E-state index contributed by atoms with van der Waals surface area (Å²) in [5.74, 6) is -0.563. The number of nitrogens with two attached hydrogens (primary N) is 1. The van der Waals surface area contributed by atoms with E-state index >= 15 is 0 Å². The van der Waals surface area contributed by atoms with Gasteiger partial charge >= 0.3 is 6.36 Å². The molecule has 0 aromatic heterocycles. The molecule has 24 heavy (non-hydrogen) atoms. The van der Waals surface area contributed by atoms with Crippen molar-refractivity contribution in [3.8, 4) is 5.75 Å². The van der Waals surface area contributed by atoms with Gasteiger partial charge in [0, 0.05) is 26.8 Å². The normalized spacial score (nSPS) is 16.9. The molecule has 1 amide bonds. The lowest BCUT2D eigenvalue weighted by Crippen LogP contribution is -2.57. The summed E-state index contributed by atoms with van der Waals surface area (Å²) in [5, 5.41) is 0.